The number of aliphatic imine (C=N–C) groups is 1. The monoisotopic (exact) mass is 329 g/mol. The van der Waals surface area contributed by atoms with Gasteiger partial charge in [0.2, 0.25) is 0 Å². The topological polar surface area (TPSA) is 78.0 Å². The quantitative estimate of drug-likeness (QED) is 0.339. The molecule has 0 aliphatic heterocycles. The van der Waals surface area contributed by atoms with Crippen LogP contribution in [0.5, 0.6) is 0 Å². The van der Waals surface area contributed by atoms with Gasteiger partial charge < -0.3 is 25.6 Å². The van der Waals surface area contributed by atoms with Gasteiger partial charge in [-0.3, -0.25) is 4.99 Å². The van der Waals surface area contributed by atoms with Crippen LogP contribution in [0.3, 0.4) is 0 Å². The van der Waals surface area contributed by atoms with E-state index >= 15 is 0 Å². The molecule has 7 heteroatoms. The molecule has 0 radical (unpaired) electrons. The summed E-state index contributed by atoms with van der Waals surface area (Å²) in [4.78, 5) is 17.9. The molecule has 0 saturated heterocycles. The Morgan fingerprint density at radius 1 is 1.09 bits per heavy atom. The normalized spacial score (nSPS) is 12.2. The lowest BCUT2D eigenvalue weighted by atomic mass is 10.2. The molecule has 3 N–H and O–H groups in total. The van der Waals surface area contributed by atoms with Gasteiger partial charge >= 0.3 is 6.09 Å². The molecule has 7 nitrogen and oxygen atoms in total. The molecular formula is C16H35N5O2. The number of rotatable bonds is 9. The second-order valence-electron chi connectivity index (χ2n) is 6.51. The highest BCUT2D eigenvalue weighted by atomic mass is 16.6. The molecule has 0 aliphatic rings. The van der Waals surface area contributed by atoms with E-state index in [1.54, 1.807) is 7.05 Å². The Balaban J connectivity index is 3.77. The van der Waals surface area contributed by atoms with Crippen LogP contribution in [0, 0.1) is 0 Å². The fraction of sp³-hybridized carbons (Fsp3) is 0.875. The van der Waals surface area contributed by atoms with Crippen molar-refractivity contribution in [3.8, 4) is 0 Å². The lowest BCUT2D eigenvalue weighted by molar-refractivity contribution is 0.0529. The summed E-state index contributed by atoms with van der Waals surface area (Å²) in [6.07, 6.45) is 2.03. The zero-order valence-electron chi connectivity index (χ0n) is 15.7. The van der Waals surface area contributed by atoms with Gasteiger partial charge in [-0.15, -0.1) is 0 Å². The lowest BCUT2D eigenvalue weighted by Crippen LogP contribution is -2.44. The first-order valence-corrected chi connectivity index (χ1v) is 8.38. The fourth-order valence-electron chi connectivity index (χ4n) is 1.79. The molecule has 0 aromatic rings. The second-order valence-corrected chi connectivity index (χ2v) is 6.51. The SMILES string of the molecule is CCCCN(C)CCNC(=NC)NCCNC(=O)OC(C)(C)C. The van der Waals surface area contributed by atoms with Gasteiger partial charge in [0.25, 0.3) is 0 Å². The predicted molar refractivity (Wildman–Crippen MR) is 96.0 cm³/mol. The average Bonchev–Trinajstić information content (AvgIpc) is 2.45. The maximum absolute atomic E-state index is 11.5. The van der Waals surface area contributed by atoms with Crippen molar-refractivity contribution in [2.24, 2.45) is 4.99 Å². The molecule has 136 valence electrons. The molecular weight excluding hydrogens is 294 g/mol. The first kappa shape index (κ1) is 21.5. The molecule has 0 bridgehead atoms. The molecule has 0 heterocycles. The van der Waals surface area contributed by atoms with Crippen molar-refractivity contribution in [1.82, 2.24) is 20.9 Å². The Morgan fingerprint density at radius 2 is 1.70 bits per heavy atom. The molecule has 0 atom stereocenters. The van der Waals surface area contributed by atoms with E-state index in [4.69, 9.17) is 4.74 Å². The molecule has 23 heavy (non-hydrogen) atoms. The van der Waals surface area contributed by atoms with Crippen LogP contribution in [0.1, 0.15) is 40.5 Å². The number of amides is 1. The van der Waals surface area contributed by atoms with Gasteiger partial charge in [-0.1, -0.05) is 13.3 Å². The Hall–Kier alpha value is -1.50. The first-order valence-electron chi connectivity index (χ1n) is 8.38. The van der Waals surface area contributed by atoms with Crippen molar-refractivity contribution < 1.29 is 9.53 Å². The summed E-state index contributed by atoms with van der Waals surface area (Å²) in [6.45, 7) is 11.7. The van der Waals surface area contributed by atoms with Crippen molar-refractivity contribution in [2.45, 2.75) is 46.1 Å². The number of nitrogens with zero attached hydrogens (tertiary/aromatic N) is 2. The maximum Gasteiger partial charge on any atom is 0.407 e. The van der Waals surface area contributed by atoms with Crippen LogP contribution < -0.4 is 16.0 Å². The van der Waals surface area contributed by atoms with Crippen LogP contribution in [-0.2, 0) is 4.74 Å². The van der Waals surface area contributed by atoms with E-state index < -0.39 is 11.7 Å². The Labute approximate surface area is 141 Å². The molecule has 1 amide bonds. The van der Waals surface area contributed by atoms with Gasteiger partial charge in [0.05, 0.1) is 0 Å². The Kier molecular flexibility index (Phi) is 11.2. The Morgan fingerprint density at radius 3 is 2.26 bits per heavy atom. The number of guanidine groups is 1. The van der Waals surface area contributed by atoms with Crippen LogP contribution >= 0.6 is 0 Å². The number of carbonyl (C=O) groups excluding carboxylic acids is 1. The smallest absolute Gasteiger partial charge is 0.407 e. The number of likely N-dealkylation sites (N-methyl/N-ethyl adjacent to an activating group) is 1. The summed E-state index contributed by atoms with van der Waals surface area (Å²) in [7, 11) is 3.86. The molecule has 0 aliphatic carbocycles. The third-order valence-corrected chi connectivity index (χ3v) is 2.99. The van der Waals surface area contributed by atoms with Crippen LogP contribution in [-0.4, -0.2) is 69.4 Å². The van der Waals surface area contributed by atoms with Gasteiger partial charge in [-0.05, 0) is 40.8 Å². The van der Waals surface area contributed by atoms with E-state index in [2.05, 4.69) is 39.8 Å². The summed E-state index contributed by atoms with van der Waals surface area (Å²) >= 11 is 0. The molecule has 0 rings (SSSR count). The lowest BCUT2D eigenvalue weighted by Gasteiger charge is -2.20. The number of hydrogen-bond acceptors (Lipinski definition) is 4. The minimum atomic E-state index is -0.473. The van der Waals surface area contributed by atoms with Crippen LogP contribution in [0.2, 0.25) is 0 Å². The van der Waals surface area contributed by atoms with Crippen LogP contribution in [0.15, 0.2) is 4.99 Å². The second kappa shape index (κ2) is 12.0. The molecule has 0 fully saturated rings. The minimum Gasteiger partial charge on any atom is -0.444 e. The molecule has 0 saturated carbocycles. The third-order valence-electron chi connectivity index (χ3n) is 2.99. The van der Waals surface area contributed by atoms with Gasteiger partial charge in [0.1, 0.15) is 5.60 Å². The fourth-order valence-corrected chi connectivity index (χ4v) is 1.79. The van der Waals surface area contributed by atoms with Gasteiger partial charge in [-0.25, -0.2) is 4.79 Å². The number of ether oxygens (including phenoxy) is 1. The van der Waals surface area contributed by atoms with E-state index in [0.717, 1.165) is 25.6 Å². The highest BCUT2D eigenvalue weighted by Gasteiger charge is 2.15. The standard InChI is InChI=1S/C16H35N5O2/c1-7-8-12-21(6)13-11-19-14(17-5)18-9-10-20-15(22)23-16(2,3)4/h7-13H2,1-6H3,(H,20,22)(H2,17,18,19). The summed E-state index contributed by atoms with van der Waals surface area (Å²) in [5, 5.41) is 9.11. The molecule has 0 spiro atoms. The zero-order chi connectivity index (χ0) is 17.7. The summed E-state index contributed by atoms with van der Waals surface area (Å²) < 4.78 is 5.17. The van der Waals surface area contributed by atoms with Gasteiger partial charge in [0, 0.05) is 33.2 Å². The maximum atomic E-state index is 11.5. The highest BCUT2D eigenvalue weighted by molar-refractivity contribution is 5.79. The average molecular weight is 329 g/mol. The molecule has 0 aromatic heterocycles. The number of hydrogen-bond donors (Lipinski definition) is 3. The summed E-state index contributed by atoms with van der Waals surface area (Å²) in [6, 6.07) is 0. The van der Waals surface area contributed by atoms with Crippen molar-refractivity contribution >= 4 is 12.1 Å². The largest absolute Gasteiger partial charge is 0.444 e. The number of nitrogens with one attached hydrogen (secondary N) is 3. The van der Waals surface area contributed by atoms with Crippen LogP contribution in [0.25, 0.3) is 0 Å². The molecule has 0 unspecified atom stereocenters. The highest BCUT2D eigenvalue weighted by Crippen LogP contribution is 2.05. The van der Waals surface area contributed by atoms with Crippen LogP contribution in [0.4, 0.5) is 4.79 Å². The number of unbranched alkanes of at least 4 members (excludes halogenated alkanes) is 1. The first-order chi connectivity index (χ1) is 10.8. The van der Waals surface area contributed by atoms with Crippen molar-refractivity contribution in [3.63, 3.8) is 0 Å². The van der Waals surface area contributed by atoms with E-state index in [0.29, 0.717) is 13.1 Å². The van der Waals surface area contributed by atoms with Crippen molar-refractivity contribution in [3.05, 3.63) is 0 Å². The van der Waals surface area contributed by atoms with Gasteiger partial charge in [-0.2, -0.15) is 0 Å². The van der Waals surface area contributed by atoms with E-state index in [-0.39, 0.29) is 0 Å². The van der Waals surface area contributed by atoms with Crippen molar-refractivity contribution in [2.75, 3.05) is 46.8 Å². The van der Waals surface area contributed by atoms with E-state index in [1.165, 1.54) is 12.8 Å². The molecule has 0 aromatic carbocycles. The summed E-state index contributed by atoms with van der Waals surface area (Å²) in [5.74, 6) is 0.736. The third kappa shape index (κ3) is 13.9. The minimum absolute atomic E-state index is 0.403. The summed E-state index contributed by atoms with van der Waals surface area (Å²) in [5.41, 5.74) is -0.473. The number of carbonyl (C=O) groups is 1. The predicted octanol–water partition coefficient (Wildman–Crippen LogP) is 1.41. The van der Waals surface area contributed by atoms with Gasteiger partial charge in [0.15, 0.2) is 5.96 Å². The van der Waals surface area contributed by atoms with E-state index in [9.17, 15) is 4.79 Å². The zero-order valence-corrected chi connectivity index (χ0v) is 15.7. The van der Waals surface area contributed by atoms with Crippen molar-refractivity contribution in [1.29, 1.82) is 0 Å². The van der Waals surface area contributed by atoms with E-state index in [1.807, 2.05) is 20.8 Å². The Bertz CT molecular complexity index is 353. The number of alkyl carbamates (subject to hydrolysis) is 1.